The van der Waals surface area contributed by atoms with E-state index in [-0.39, 0.29) is 30.3 Å². The fraction of sp³-hybridized carbons (Fsp3) is 0.579. The predicted octanol–water partition coefficient (Wildman–Crippen LogP) is 2.08. The maximum Gasteiger partial charge on any atom is 0.228 e. The molecule has 2 amide bonds. The molecular formula is C19H26N2O4. The van der Waals surface area contributed by atoms with E-state index in [2.05, 4.69) is 0 Å². The molecule has 1 atom stereocenters. The fourth-order valence-corrected chi connectivity index (χ4v) is 3.70. The quantitative estimate of drug-likeness (QED) is 0.819. The molecular weight excluding hydrogens is 320 g/mol. The molecule has 6 heteroatoms. The molecule has 0 saturated carbocycles. The summed E-state index contributed by atoms with van der Waals surface area (Å²) in [5.74, 6) is 0.440. The van der Waals surface area contributed by atoms with Crippen LogP contribution in [0.3, 0.4) is 0 Å². The fourth-order valence-electron chi connectivity index (χ4n) is 3.70. The van der Waals surface area contributed by atoms with E-state index < -0.39 is 0 Å². The van der Waals surface area contributed by atoms with Gasteiger partial charge in [0.1, 0.15) is 5.75 Å². The van der Waals surface area contributed by atoms with Gasteiger partial charge in [-0.2, -0.15) is 0 Å². The van der Waals surface area contributed by atoms with Crippen molar-refractivity contribution in [1.29, 1.82) is 0 Å². The number of ether oxygens (including phenoxy) is 2. The van der Waals surface area contributed by atoms with Crippen molar-refractivity contribution in [1.82, 2.24) is 4.90 Å². The molecule has 2 aliphatic heterocycles. The predicted molar refractivity (Wildman–Crippen MR) is 94.7 cm³/mol. The largest absolute Gasteiger partial charge is 0.495 e. The van der Waals surface area contributed by atoms with Crippen LogP contribution in [0.25, 0.3) is 0 Å². The first-order chi connectivity index (χ1) is 12.1. The SMILES string of the molecule is CCOC1CCN(C(=O)[C@@H]2CC(=O)N(c3ccccc3OC)C2)CC1. The third-order valence-electron chi connectivity index (χ3n) is 5.01. The molecule has 6 nitrogen and oxygen atoms in total. The molecule has 1 aromatic carbocycles. The lowest BCUT2D eigenvalue weighted by atomic mass is 10.0. The van der Waals surface area contributed by atoms with Gasteiger partial charge in [0.05, 0.1) is 24.8 Å². The first-order valence-electron chi connectivity index (χ1n) is 8.97. The number of hydrogen-bond donors (Lipinski definition) is 0. The summed E-state index contributed by atoms with van der Waals surface area (Å²) < 4.78 is 11.0. The lowest BCUT2D eigenvalue weighted by Gasteiger charge is -2.33. The van der Waals surface area contributed by atoms with Crippen molar-refractivity contribution in [3.8, 4) is 5.75 Å². The van der Waals surface area contributed by atoms with Gasteiger partial charge >= 0.3 is 0 Å². The Labute approximate surface area is 148 Å². The normalized spacial score (nSPS) is 21.7. The van der Waals surface area contributed by atoms with Crippen LogP contribution in [0.2, 0.25) is 0 Å². The topological polar surface area (TPSA) is 59.1 Å². The van der Waals surface area contributed by atoms with Crippen molar-refractivity contribution in [2.45, 2.75) is 32.3 Å². The second-order valence-electron chi connectivity index (χ2n) is 6.56. The average molecular weight is 346 g/mol. The average Bonchev–Trinajstić information content (AvgIpc) is 3.03. The number of likely N-dealkylation sites (tertiary alicyclic amines) is 1. The molecule has 136 valence electrons. The van der Waals surface area contributed by atoms with Crippen LogP contribution in [0.5, 0.6) is 5.75 Å². The molecule has 2 fully saturated rings. The van der Waals surface area contributed by atoms with Crippen molar-refractivity contribution in [3.63, 3.8) is 0 Å². The molecule has 0 bridgehead atoms. The second kappa shape index (κ2) is 7.87. The summed E-state index contributed by atoms with van der Waals surface area (Å²) in [5, 5.41) is 0. The van der Waals surface area contributed by atoms with Crippen molar-refractivity contribution in [2.75, 3.05) is 38.3 Å². The molecule has 0 N–H and O–H groups in total. The van der Waals surface area contributed by atoms with E-state index in [0.29, 0.717) is 32.0 Å². The van der Waals surface area contributed by atoms with Crippen molar-refractivity contribution in [3.05, 3.63) is 24.3 Å². The molecule has 0 aromatic heterocycles. The van der Waals surface area contributed by atoms with Gasteiger partial charge in [-0.1, -0.05) is 12.1 Å². The summed E-state index contributed by atoms with van der Waals surface area (Å²) in [4.78, 5) is 28.8. The number of hydrogen-bond acceptors (Lipinski definition) is 4. The Hall–Kier alpha value is -2.08. The zero-order valence-electron chi connectivity index (χ0n) is 14.9. The van der Waals surface area contributed by atoms with Crippen LogP contribution >= 0.6 is 0 Å². The summed E-state index contributed by atoms with van der Waals surface area (Å²) in [6.45, 7) is 4.55. The number of methoxy groups -OCH3 is 1. The number of amides is 2. The minimum Gasteiger partial charge on any atom is -0.495 e. The van der Waals surface area contributed by atoms with Gasteiger partial charge in [-0.15, -0.1) is 0 Å². The highest BCUT2D eigenvalue weighted by Gasteiger charge is 2.38. The molecule has 0 unspecified atom stereocenters. The number of carbonyl (C=O) groups excluding carboxylic acids is 2. The summed E-state index contributed by atoms with van der Waals surface area (Å²) in [6, 6.07) is 7.43. The Kier molecular flexibility index (Phi) is 5.58. The minimum atomic E-state index is -0.277. The first kappa shape index (κ1) is 17.7. The van der Waals surface area contributed by atoms with Gasteiger partial charge in [0.25, 0.3) is 0 Å². The standard InChI is InChI=1S/C19H26N2O4/c1-3-25-15-8-10-20(11-9-15)19(23)14-12-18(22)21(13-14)16-6-4-5-7-17(16)24-2/h4-7,14-15H,3,8-13H2,1-2H3/t14-/m1/s1. The maximum atomic E-state index is 12.8. The zero-order chi connectivity index (χ0) is 17.8. The highest BCUT2D eigenvalue weighted by atomic mass is 16.5. The van der Waals surface area contributed by atoms with Gasteiger partial charge < -0.3 is 19.3 Å². The summed E-state index contributed by atoms with van der Waals surface area (Å²) in [7, 11) is 1.59. The third-order valence-corrected chi connectivity index (χ3v) is 5.01. The van der Waals surface area contributed by atoms with E-state index in [9.17, 15) is 9.59 Å². The summed E-state index contributed by atoms with van der Waals surface area (Å²) in [5.41, 5.74) is 0.736. The second-order valence-corrected chi connectivity index (χ2v) is 6.56. The van der Waals surface area contributed by atoms with E-state index in [0.717, 1.165) is 18.5 Å². The van der Waals surface area contributed by atoms with E-state index in [1.807, 2.05) is 36.1 Å². The number of carbonyl (C=O) groups is 2. The molecule has 3 rings (SSSR count). The lowest BCUT2D eigenvalue weighted by Crippen LogP contribution is -2.44. The number of nitrogens with zero attached hydrogens (tertiary/aromatic N) is 2. The number of piperidine rings is 1. The molecule has 25 heavy (non-hydrogen) atoms. The van der Waals surface area contributed by atoms with Crippen LogP contribution in [0.15, 0.2) is 24.3 Å². The van der Waals surface area contributed by atoms with Crippen LogP contribution in [-0.2, 0) is 14.3 Å². The molecule has 2 heterocycles. The Balaban J connectivity index is 1.63. The molecule has 0 aliphatic carbocycles. The van der Waals surface area contributed by atoms with Gasteiger partial charge in [0.2, 0.25) is 11.8 Å². The third kappa shape index (κ3) is 3.79. The van der Waals surface area contributed by atoms with Crippen LogP contribution in [-0.4, -0.2) is 56.2 Å². The lowest BCUT2D eigenvalue weighted by molar-refractivity contribution is -0.138. The Morgan fingerprint density at radius 2 is 1.96 bits per heavy atom. The Bertz CT molecular complexity index is 626. The van der Waals surface area contributed by atoms with Gasteiger partial charge in [0.15, 0.2) is 0 Å². The van der Waals surface area contributed by atoms with E-state index in [1.54, 1.807) is 12.0 Å². The zero-order valence-corrected chi connectivity index (χ0v) is 14.9. The van der Waals surface area contributed by atoms with Crippen molar-refractivity contribution >= 4 is 17.5 Å². The van der Waals surface area contributed by atoms with Gasteiger partial charge in [-0.3, -0.25) is 9.59 Å². The van der Waals surface area contributed by atoms with E-state index >= 15 is 0 Å². The highest BCUT2D eigenvalue weighted by molar-refractivity contribution is 6.01. The summed E-state index contributed by atoms with van der Waals surface area (Å²) in [6.07, 6.45) is 2.26. The number of para-hydroxylation sites is 2. The van der Waals surface area contributed by atoms with Gasteiger partial charge in [0, 0.05) is 32.7 Å². The van der Waals surface area contributed by atoms with E-state index in [1.165, 1.54) is 0 Å². The van der Waals surface area contributed by atoms with Crippen molar-refractivity contribution < 1.29 is 19.1 Å². The molecule has 2 saturated heterocycles. The molecule has 0 spiro atoms. The van der Waals surface area contributed by atoms with Crippen molar-refractivity contribution in [2.24, 2.45) is 5.92 Å². The van der Waals surface area contributed by atoms with Crippen LogP contribution < -0.4 is 9.64 Å². The highest BCUT2D eigenvalue weighted by Crippen LogP contribution is 2.33. The Morgan fingerprint density at radius 1 is 1.24 bits per heavy atom. The Morgan fingerprint density at radius 3 is 2.64 bits per heavy atom. The molecule has 0 radical (unpaired) electrons. The van der Waals surface area contributed by atoms with Crippen LogP contribution in [0.4, 0.5) is 5.69 Å². The van der Waals surface area contributed by atoms with Gasteiger partial charge in [-0.25, -0.2) is 0 Å². The van der Waals surface area contributed by atoms with Gasteiger partial charge in [-0.05, 0) is 31.9 Å². The minimum absolute atomic E-state index is 0.0212. The van der Waals surface area contributed by atoms with E-state index in [4.69, 9.17) is 9.47 Å². The number of rotatable bonds is 5. The van der Waals surface area contributed by atoms with Crippen LogP contribution in [0, 0.1) is 5.92 Å². The van der Waals surface area contributed by atoms with Crippen LogP contribution in [0.1, 0.15) is 26.2 Å². The smallest absolute Gasteiger partial charge is 0.228 e. The number of anilines is 1. The molecule has 1 aromatic rings. The maximum absolute atomic E-state index is 12.8. The monoisotopic (exact) mass is 346 g/mol. The molecule has 2 aliphatic rings. The summed E-state index contributed by atoms with van der Waals surface area (Å²) >= 11 is 0. The first-order valence-corrected chi connectivity index (χ1v) is 8.97. The number of benzene rings is 1.